The lowest BCUT2D eigenvalue weighted by molar-refractivity contribution is -0.113. The van der Waals surface area contributed by atoms with Gasteiger partial charge in [0.25, 0.3) is 0 Å². The van der Waals surface area contributed by atoms with Crippen molar-refractivity contribution >= 4 is 35.0 Å². The van der Waals surface area contributed by atoms with Gasteiger partial charge in [0, 0.05) is 16.6 Å². The molecule has 27 heavy (non-hydrogen) atoms. The van der Waals surface area contributed by atoms with Crippen LogP contribution in [0.25, 0.3) is 0 Å². The molecule has 1 N–H and O–H groups in total. The van der Waals surface area contributed by atoms with Crippen molar-refractivity contribution in [2.24, 2.45) is 0 Å². The maximum absolute atomic E-state index is 12.4. The average Bonchev–Trinajstić information content (AvgIpc) is 3.22. The van der Waals surface area contributed by atoms with Gasteiger partial charge in [-0.1, -0.05) is 29.4 Å². The molecule has 3 aromatic rings. The van der Waals surface area contributed by atoms with Gasteiger partial charge in [0.05, 0.1) is 18.6 Å². The van der Waals surface area contributed by atoms with Crippen molar-refractivity contribution in [3.05, 3.63) is 58.8 Å². The molecule has 1 amide bonds. The summed E-state index contributed by atoms with van der Waals surface area (Å²) in [5.74, 6) is 2.42. The fourth-order valence-corrected chi connectivity index (χ4v) is 3.74. The number of furan rings is 1. The number of hydrogen-bond donors (Lipinski definition) is 1. The van der Waals surface area contributed by atoms with Gasteiger partial charge in [-0.05, 0) is 49.6 Å². The Labute approximate surface area is 166 Å². The van der Waals surface area contributed by atoms with Crippen LogP contribution in [0.3, 0.4) is 0 Å². The molecule has 1 fully saturated rings. The number of anilines is 1. The Morgan fingerprint density at radius 2 is 2.19 bits per heavy atom. The molecule has 0 radical (unpaired) electrons. The number of carbonyl (C=O) groups is 1. The monoisotopic (exact) mass is 402 g/mol. The second-order valence-corrected chi connectivity index (χ2v) is 7.88. The molecule has 0 unspecified atom stereocenters. The van der Waals surface area contributed by atoms with Gasteiger partial charge in [0.1, 0.15) is 11.6 Å². The number of benzene rings is 1. The molecule has 4 rings (SSSR count). The highest BCUT2D eigenvalue weighted by atomic mass is 35.5. The van der Waals surface area contributed by atoms with E-state index in [0.29, 0.717) is 17.5 Å². The van der Waals surface area contributed by atoms with E-state index in [1.54, 1.807) is 12.3 Å². The van der Waals surface area contributed by atoms with Crippen LogP contribution < -0.4 is 5.32 Å². The second kappa shape index (κ2) is 7.78. The van der Waals surface area contributed by atoms with Gasteiger partial charge in [0.15, 0.2) is 5.16 Å². The van der Waals surface area contributed by atoms with E-state index in [1.165, 1.54) is 11.8 Å². The molecule has 140 valence electrons. The quantitative estimate of drug-likeness (QED) is 0.589. The van der Waals surface area contributed by atoms with Gasteiger partial charge < -0.3 is 9.73 Å². The van der Waals surface area contributed by atoms with Crippen LogP contribution in [0.5, 0.6) is 0 Å². The lowest BCUT2D eigenvalue weighted by atomic mass is 10.2. The SMILES string of the molecule is Cc1c(Cl)cccc1NC(=O)CSc1nnc(C2CC2)n1Cc1ccco1. The zero-order valence-corrected chi connectivity index (χ0v) is 16.4. The third kappa shape index (κ3) is 4.20. The molecule has 2 heterocycles. The van der Waals surface area contributed by atoms with Crippen LogP contribution in [0.15, 0.2) is 46.2 Å². The molecule has 0 spiro atoms. The molecule has 2 aromatic heterocycles. The molecular weight excluding hydrogens is 384 g/mol. The van der Waals surface area contributed by atoms with Gasteiger partial charge in [-0.3, -0.25) is 9.36 Å². The Hall–Kier alpha value is -2.25. The lowest BCUT2D eigenvalue weighted by Gasteiger charge is -2.10. The number of hydrogen-bond acceptors (Lipinski definition) is 5. The minimum absolute atomic E-state index is 0.106. The van der Waals surface area contributed by atoms with E-state index >= 15 is 0 Å². The highest BCUT2D eigenvalue weighted by Crippen LogP contribution is 2.40. The Morgan fingerprint density at radius 1 is 1.33 bits per heavy atom. The molecule has 0 bridgehead atoms. The Balaban J connectivity index is 1.44. The summed E-state index contributed by atoms with van der Waals surface area (Å²) in [6.45, 7) is 2.45. The van der Waals surface area contributed by atoms with Crippen molar-refractivity contribution in [2.75, 3.05) is 11.1 Å². The first-order chi connectivity index (χ1) is 13.1. The van der Waals surface area contributed by atoms with Crippen molar-refractivity contribution in [1.29, 1.82) is 0 Å². The standard InChI is InChI=1S/C19H19ClN4O2S/c1-12-15(20)5-2-6-16(12)21-17(25)11-27-19-23-22-18(13-7-8-13)24(19)10-14-4-3-9-26-14/h2-6,9,13H,7-8,10-11H2,1H3,(H,21,25). The largest absolute Gasteiger partial charge is 0.467 e. The van der Waals surface area contributed by atoms with Gasteiger partial charge in [-0.15, -0.1) is 10.2 Å². The molecule has 0 atom stereocenters. The molecule has 0 saturated heterocycles. The predicted molar refractivity (Wildman–Crippen MR) is 105 cm³/mol. The van der Waals surface area contributed by atoms with E-state index in [9.17, 15) is 4.79 Å². The van der Waals surface area contributed by atoms with Gasteiger partial charge in [-0.2, -0.15) is 0 Å². The second-order valence-electron chi connectivity index (χ2n) is 6.53. The van der Waals surface area contributed by atoms with Gasteiger partial charge in [-0.25, -0.2) is 0 Å². The van der Waals surface area contributed by atoms with E-state index in [2.05, 4.69) is 20.1 Å². The Kier molecular flexibility index (Phi) is 5.22. The summed E-state index contributed by atoms with van der Waals surface area (Å²) >= 11 is 7.48. The molecule has 6 nitrogen and oxygen atoms in total. The van der Waals surface area contributed by atoms with Crippen LogP contribution >= 0.6 is 23.4 Å². The fraction of sp³-hybridized carbons (Fsp3) is 0.316. The van der Waals surface area contributed by atoms with E-state index < -0.39 is 0 Å². The Morgan fingerprint density at radius 3 is 2.93 bits per heavy atom. The minimum Gasteiger partial charge on any atom is -0.467 e. The maximum atomic E-state index is 12.4. The van der Waals surface area contributed by atoms with Crippen LogP contribution in [-0.4, -0.2) is 26.4 Å². The Bertz CT molecular complexity index is 951. The molecule has 1 saturated carbocycles. The van der Waals surface area contributed by atoms with Gasteiger partial charge in [0.2, 0.25) is 5.91 Å². The summed E-state index contributed by atoms with van der Waals surface area (Å²) in [4.78, 5) is 12.4. The number of thioether (sulfide) groups is 1. The lowest BCUT2D eigenvalue weighted by Crippen LogP contribution is -2.15. The number of halogens is 1. The smallest absolute Gasteiger partial charge is 0.234 e. The number of carbonyl (C=O) groups excluding carboxylic acids is 1. The first kappa shape index (κ1) is 18.1. The maximum Gasteiger partial charge on any atom is 0.234 e. The summed E-state index contributed by atoms with van der Waals surface area (Å²) in [7, 11) is 0. The first-order valence-electron chi connectivity index (χ1n) is 8.75. The summed E-state index contributed by atoms with van der Waals surface area (Å²) in [6.07, 6.45) is 3.93. The summed E-state index contributed by atoms with van der Waals surface area (Å²) in [5, 5.41) is 12.9. The zero-order chi connectivity index (χ0) is 18.8. The molecule has 1 aliphatic rings. The van der Waals surface area contributed by atoms with E-state index in [-0.39, 0.29) is 11.7 Å². The normalized spacial score (nSPS) is 13.7. The number of amides is 1. The molecule has 1 aromatic carbocycles. The van der Waals surface area contributed by atoms with Crippen molar-refractivity contribution in [2.45, 2.75) is 37.4 Å². The number of aromatic nitrogens is 3. The molecular formula is C19H19ClN4O2S. The van der Waals surface area contributed by atoms with E-state index in [0.717, 1.165) is 40.8 Å². The van der Waals surface area contributed by atoms with E-state index in [1.807, 2.05) is 31.2 Å². The predicted octanol–water partition coefficient (Wildman–Crippen LogP) is 4.49. The number of nitrogens with zero attached hydrogens (tertiary/aromatic N) is 3. The van der Waals surface area contributed by atoms with Crippen LogP contribution in [0, 0.1) is 6.92 Å². The topological polar surface area (TPSA) is 73.0 Å². The third-order valence-electron chi connectivity index (χ3n) is 4.46. The molecule has 0 aliphatic heterocycles. The summed E-state index contributed by atoms with van der Waals surface area (Å²) in [5.41, 5.74) is 1.58. The van der Waals surface area contributed by atoms with Crippen LogP contribution in [0.4, 0.5) is 5.69 Å². The van der Waals surface area contributed by atoms with Crippen LogP contribution in [-0.2, 0) is 11.3 Å². The minimum atomic E-state index is -0.106. The summed E-state index contributed by atoms with van der Waals surface area (Å²) < 4.78 is 7.52. The first-order valence-corrected chi connectivity index (χ1v) is 10.1. The zero-order valence-electron chi connectivity index (χ0n) is 14.8. The van der Waals surface area contributed by atoms with Crippen LogP contribution in [0.1, 0.15) is 35.9 Å². The number of nitrogens with one attached hydrogen (secondary N) is 1. The average molecular weight is 403 g/mol. The van der Waals surface area contributed by atoms with Gasteiger partial charge >= 0.3 is 0 Å². The van der Waals surface area contributed by atoms with Crippen molar-refractivity contribution in [3.63, 3.8) is 0 Å². The summed E-state index contributed by atoms with van der Waals surface area (Å²) in [6, 6.07) is 9.26. The van der Waals surface area contributed by atoms with Crippen LogP contribution in [0.2, 0.25) is 5.02 Å². The van der Waals surface area contributed by atoms with E-state index in [4.69, 9.17) is 16.0 Å². The fourth-order valence-electron chi connectivity index (χ4n) is 2.82. The van der Waals surface area contributed by atoms with Crippen molar-refractivity contribution in [3.8, 4) is 0 Å². The third-order valence-corrected chi connectivity index (χ3v) is 5.83. The molecule has 1 aliphatic carbocycles. The van der Waals surface area contributed by atoms with Crippen molar-refractivity contribution < 1.29 is 9.21 Å². The highest BCUT2D eigenvalue weighted by molar-refractivity contribution is 7.99. The van der Waals surface area contributed by atoms with Crippen molar-refractivity contribution in [1.82, 2.24) is 14.8 Å². The number of rotatable bonds is 7. The molecule has 8 heteroatoms. The highest BCUT2D eigenvalue weighted by Gasteiger charge is 2.30.